The van der Waals surface area contributed by atoms with Crippen LogP contribution in [0.1, 0.15) is 158 Å². The lowest BCUT2D eigenvalue weighted by Gasteiger charge is -2.40. The number of phenols is 1. The molecule has 0 aromatic heterocycles. The number of aliphatic hydroxyl groups is 4. The third kappa shape index (κ3) is 29.6. The standard InChI is InChI=1S/C72H121N19O20/c1-33(2)30-35(5)56(96)38(8)61(100)85-46(32-51(74)95)62(101)84-45(19-17-28-81-72(78)79)57(97)58(98)67(106)86-52(36(6)37(7)60(75)99)64(103)88-54-41(11)111-70(109)49-20-14-15-29-91(49)69(108)55(59(110-13)42-21-23-43(93)24-22-42)89-63(102)48(25-26-50(73)94)90(12)68(107)47(31-34(3)4)82-39(9)44(18-16-27-80-71(76)77)83-65(104)53(40(10)92)87-66(54)105/h21-24,33-38,40-41,44-49,52-59,82,92-93,96-98H,9,14-20,25-32H2,1-8,10-13H3,(H2,73,94)(H2,74,95)(H2,75,99)(H,83,104)(H,84,101)(H,85,100)(H,86,106)(H,87,105)(H,88,103)(H,89,102)(H4,76,77,80)(H4,78,79,81)/t35?,36?,37?,38?,40-,41-,44-,45+,46-,47+,48+,49+,52?,53-,54-,55?,56?,57-,58-,59?/m1/s1. The van der Waals surface area contributed by atoms with Crippen LogP contribution in [0.5, 0.6) is 5.75 Å². The lowest BCUT2D eigenvalue weighted by atomic mass is 9.87. The SMILES string of the molecule is C=C1N[C@@H](CC(C)C)C(=O)N(C)[C@@H](CCC(N)=O)C(=O)NC(C(OC)c2ccc(O)cc2)C(=O)N2CCCC[C@H]2C(=O)O[C@H](C)[C@@H](NC(=O)C(NC(=O)[C@H](O)[C@H](O)[C@H](CCCN=C(N)N)NC(=O)[C@@H](CC(N)=O)NC(=O)C(C)C(O)C(C)CC(C)C)C(C)C(C)C(N)=O)C(=O)N[C@H]([C@@H](C)O)C(=O)N[C@@H]1CCCN=C(N)N. The highest BCUT2D eigenvalue weighted by molar-refractivity contribution is 5.98. The van der Waals surface area contributed by atoms with E-state index in [1.54, 1.807) is 20.8 Å². The van der Waals surface area contributed by atoms with Crippen LogP contribution in [-0.2, 0) is 71.8 Å². The van der Waals surface area contributed by atoms with Crippen molar-refractivity contribution in [3.8, 4) is 5.75 Å². The summed E-state index contributed by atoms with van der Waals surface area (Å²) in [6.45, 7) is 19.1. The molecule has 2 fully saturated rings. The molecule has 624 valence electrons. The number of phenolic OH excluding ortho intramolecular Hbond substituents is 1. The number of primary amides is 3. The molecule has 1 aromatic carbocycles. The first-order valence-corrected chi connectivity index (χ1v) is 37.2. The van der Waals surface area contributed by atoms with Gasteiger partial charge in [0.25, 0.3) is 5.91 Å². The van der Waals surface area contributed by atoms with Crippen LogP contribution in [0, 0.1) is 35.5 Å². The second kappa shape index (κ2) is 45.4. The number of fused-ring (bicyclic) bond motifs is 1. The van der Waals surface area contributed by atoms with Crippen molar-refractivity contribution in [2.45, 2.75) is 243 Å². The summed E-state index contributed by atoms with van der Waals surface area (Å²) in [6.07, 6.45) is -12.5. The minimum Gasteiger partial charge on any atom is -0.508 e. The molecule has 39 nitrogen and oxygen atoms in total. The summed E-state index contributed by atoms with van der Waals surface area (Å²) < 4.78 is 12.0. The number of nitrogens with two attached hydrogens (primary N) is 7. The molecule has 8 unspecified atom stereocenters. The zero-order chi connectivity index (χ0) is 84.2. The van der Waals surface area contributed by atoms with Gasteiger partial charge in [-0.1, -0.05) is 74.1 Å². The number of piperidine rings is 1. The van der Waals surface area contributed by atoms with Gasteiger partial charge in [-0.2, -0.15) is 0 Å². The van der Waals surface area contributed by atoms with Gasteiger partial charge in [0, 0.05) is 51.8 Å². The topological polar surface area (TPSA) is 651 Å². The van der Waals surface area contributed by atoms with Crippen molar-refractivity contribution in [2.75, 3.05) is 33.8 Å². The van der Waals surface area contributed by atoms with Crippen molar-refractivity contribution in [2.24, 2.45) is 85.6 Å². The second-order valence-corrected chi connectivity index (χ2v) is 29.6. The molecule has 2 aliphatic heterocycles. The number of methoxy groups -OCH3 is 1. The van der Waals surface area contributed by atoms with Crippen LogP contribution >= 0.6 is 0 Å². The number of guanidine groups is 2. The van der Waals surface area contributed by atoms with Crippen molar-refractivity contribution >= 4 is 88.8 Å². The van der Waals surface area contributed by atoms with E-state index in [4.69, 9.17) is 49.6 Å². The summed E-state index contributed by atoms with van der Waals surface area (Å²) in [4.78, 5) is 197. The molecule has 0 aliphatic carbocycles. The number of amides is 12. The van der Waals surface area contributed by atoms with Gasteiger partial charge < -0.3 is 127 Å². The lowest BCUT2D eigenvalue weighted by Crippen LogP contribution is -2.65. The Morgan fingerprint density at radius 3 is 1.83 bits per heavy atom. The van der Waals surface area contributed by atoms with Gasteiger partial charge in [0.1, 0.15) is 72.4 Å². The maximum absolute atomic E-state index is 15.6. The number of aliphatic imine (C=N–C) groups is 2. The Morgan fingerprint density at radius 2 is 1.28 bits per heavy atom. The van der Waals surface area contributed by atoms with Crippen LogP contribution in [0.3, 0.4) is 0 Å². The van der Waals surface area contributed by atoms with Crippen LogP contribution in [0.15, 0.2) is 46.5 Å². The molecule has 0 radical (unpaired) electrons. The van der Waals surface area contributed by atoms with Crippen LogP contribution in [0.25, 0.3) is 0 Å². The number of ether oxygens (including phenoxy) is 2. The van der Waals surface area contributed by atoms with E-state index in [-0.39, 0.29) is 112 Å². The molecule has 0 spiro atoms. The summed E-state index contributed by atoms with van der Waals surface area (Å²) >= 11 is 0. The van der Waals surface area contributed by atoms with Gasteiger partial charge in [0.2, 0.25) is 65.0 Å². The van der Waals surface area contributed by atoms with E-state index in [1.165, 1.54) is 59.2 Å². The summed E-state index contributed by atoms with van der Waals surface area (Å²) in [6, 6.07) is -11.9. The van der Waals surface area contributed by atoms with Gasteiger partial charge in [0.05, 0.1) is 36.6 Å². The summed E-state index contributed by atoms with van der Waals surface area (Å²) in [5.74, 6) is -19.8. The van der Waals surface area contributed by atoms with Crippen LogP contribution < -0.4 is 82.7 Å². The quantitative estimate of drug-likeness (QED) is 0.0129. The Bertz CT molecular complexity index is 3430. The van der Waals surface area contributed by atoms with Crippen molar-refractivity contribution in [1.29, 1.82) is 0 Å². The third-order valence-corrected chi connectivity index (χ3v) is 19.7. The first kappa shape index (κ1) is 95.2. The number of likely N-dealkylation sites (N-methyl/N-ethyl adjacent to an activating group) is 1. The Kier molecular flexibility index (Phi) is 38.9. The van der Waals surface area contributed by atoms with E-state index in [0.717, 1.165) is 23.6 Å². The molecule has 3 rings (SSSR count). The monoisotopic (exact) mass is 1570 g/mol. The number of nitrogens with one attached hydrogen (secondary N) is 8. The summed E-state index contributed by atoms with van der Waals surface area (Å²) in [5, 5.41) is 77.2. The van der Waals surface area contributed by atoms with Gasteiger partial charge >= 0.3 is 5.97 Å². The molecule has 111 heavy (non-hydrogen) atoms. The molecule has 27 N–H and O–H groups in total. The van der Waals surface area contributed by atoms with Crippen LogP contribution in [0.4, 0.5) is 0 Å². The number of hydrogen-bond donors (Lipinski definition) is 20. The number of carbonyl (C=O) groups is 13. The van der Waals surface area contributed by atoms with Crippen molar-refractivity contribution < 1.29 is 97.3 Å². The van der Waals surface area contributed by atoms with Gasteiger partial charge in [-0.3, -0.25) is 67.5 Å². The highest BCUT2D eigenvalue weighted by atomic mass is 16.5. The molecule has 1 aromatic rings. The molecule has 0 saturated carbocycles. The normalized spacial score (nSPS) is 23.2. The fraction of sp³-hybridized carbons (Fsp3) is 0.681. The van der Waals surface area contributed by atoms with Gasteiger partial charge in [-0.25, -0.2) is 4.79 Å². The fourth-order valence-electron chi connectivity index (χ4n) is 13.1. The second-order valence-electron chi connectivity index (χ2n) is 29.6. The fourth-order valence-corrected chi connectivity index (χ4v) is 13.1. The van der Waals surface area contributed by atoms with E-state index in [1.807, 2.05) is 13.8 Å². The average molecular weight is 1570 g/mol. The predicted octanol–water partition coefficient (Wildman–Crippen LogP) is -5.07. The molecule has 2 heterocycles. The maximum atomic E-state index is 15.6. The van der Waals surface area contributed by atoms with Gasteiger partial charge in [-0.05, 0) is 119 Å². The molecule has 20 atom stereocenters. The Labute approximate surface area is 646 Å². The number of carbonyl (C=O) groups excluding carboxylic acids is 13. The number of cyclic esters (lactones) is 1. The minimum absolute atomic E-state index is 0.0188. The van der Waals surface area contributed by atoms with Gasteiger partial charge in [-0.15, -0.1) is 0 Å². The van der Waals surface area contributed by atoms with Gasteiger partial charge in [0.15, 0.2) is 18.0 Å². The summed E-state index contributed by atoms with van der Waals surface area (Å²) in [5.41, 5.74) is 39.4. The number of aliphatic hydroxyl groups excluding tert-OH is 4. The zero-order valence-corrected chi connectivity index (χ0v) is 65.5. The van der Waals surface area contributed by atoms with E-state index in [2.05, 4.69) is 59.1 Å². The zero-order valence-electron chi connectivity index (χ0n) is 65.5. The molecule has 0 bridgehead atoms. The highest BCUT2D eigenvalue weighted by Crippen LogP contribution is 2.30. The number of aromatic hydroxyl groups is 1. The lowest BCUT2D eigenvalue weighted by molar-refractivity contribution is -0.165. The van der Waals surface area contributed by atoms with E-state index in [0.29, 0.717) is 6.42 Å². The Hall–Kier alpha value is -9.99. The highest BCUT2D eigenvalue weighted by Gasteiger charge is 2.47. The number of benzene rings is 1. The number of esters is 1. The van der Waals surface area contributed by atoms with E-state index in [9.17, 15) is 59.1 Å². The van der Waals surface area contributed by atoms with Crippen molar-refractivity contribution in [3.05, 3.63) is 42.1 Å². The predicted molar refractivity (Wildman–Crippen MR) is 405 cm³/mol. The molecule has 12 amide bonds. The minimum atomic E-state index is -2.65. The molecular formula is C72H121N19O20. The molecule has 2 aliphatic rings. The first-order valence-electron chi connectivity index (χ1n) is 37.2. The van der Waals surface area contributed by atoms with Crippen molar-refractivity contribution in [1.82, 2.24) is 52.3 Å². The number of hydrogen-bond acceptors (Lipinski definition) is 23. The van der Waals surface area contributed by atoms with Crippen molar-refractivity contribution in [3.63, 3.8) is 0 Å². The largest absolute Gasteiger partial charge is 0.508 e. The Balaban J connectivity index is 2.38. The maximum Gasteiger partial charge on any atom is 0.329 e. The number of nitrogens with zero attached hydrogens (tertiary/aromatic N) is 4. The Morgan fingerprint density at radius 1 is 0.676 bits per heavy atom. The molecule has 39 heteroatoms. The van der Waals surface area contributed by atoms with Crippen LogP contribution in [-0.4, -0.2) is 249 Å². The van der Waals surface area contributed by atoms with E-state index >= 15 is 28.8 Å². The van der Waals surface area contributed by atoms with E-state index < -0.39 is 217 Å². The molecule has 2 saturated heterocycles. The number of rotatable bonds is 36. The smallest absolute Gasteiger partial charge is 0.329 e. The van der Waals surface area contributed by atoms with Crippen LogP contribution in [0.2, 0.25) is 0 Å². The third-order valence-electron chi connectivity index (χ3n) is 19.7. The summed E-state index contributed by atoms with van der Waals surface area (Å²) in [7, 11) is 2.50. The molecular weight excluding hydrogens is 1450 g/mol. The first-order chi connectivity index (χ1) is 51.8. The average Bonchev–Trinajstić information content (AvgIpc) is 0.796.